The van der Waals surface area contributed by atoms with Gasteiger partial charge in [0.1, 0.15) is 0 Å². The Bertz CT molecular complexity index is 694. The fourth-order valence-corrected chi connectivity index (χ4v) is 3.72. The molecule has 0 atom stereocenters. The van der Waals surface area contributed by atoms with Gasteiger partial charge in [-0.15, -0.1) is 5.10 Å². The minimum atomic E-state index is 0.0545. The average molecular weight is 345 g/mol. The summed E-state index contributed by atoms with van der Waals surface area (Å²) in [6, 6.07) is 8.24. The third kappa shape index (κ3) is 4.14. The van der Waals surface area contributed by atoms with Crippen LogP contribution < -0.4 is 5.32 Å². The molecule has 3 rings (SSSR count). The van der Waals surface area contributed by atoms with E-state index in [0.717, 1.165) is 30.0 Å². The Balaban J connectivity index is 1.57. The van der Waals surface area contributed by atoms with E-state index in [1.807, 2.05) is 31.2 Å². The van der Waals surface area contributed by atoms with Crippen LogP contribution in [-0.4, -0.2) is 37.9 Å². The Morgan fingerprint density at radius 2 is 2.04 bits per heavy atom. The number of tetrazole rings is 1. The first-order chi connectivity index (χ1) is 11.6. The molecule has 1 amide bonds. The van der Waals surface area contributed by atoms with Crippen LogP contribution in [0.4, 0.5) is 0 Å². The molecular weight excluding hydrogens is 322 g/mol. The molecule has 128 valence electrons. The van der Waals surface area contributed by atoms with Crippen LogP contribution in [0.1, 0.15) is 38.2 Å². The van der Waals surface area contributed by atoms with E-state index in [-0.39, 0.29) is 5.91 Å². The van der Waals surface area contributed by atoms with Crippen LogP contribution in [0.5, 0.6) is 0 Å². The van der Waals surface area contributed by atoms with Crippen molar-refractivity contribution in [3.05, 3.63) is 29.8 Å². The van der Waals surface area contributed by atoms with Gasteiger partial charge in [0, 0.05) is 6.04 Å². The van der Waals surface area contributed by atoms with Crippen molar-refractivity contribution < 1.29 is 4.79 Å². The molecule has 6 nitrogen and oxygen atoms in total. The molecule has 1 aliphatic rings. The first-order valence-electron chi connectivity index (χ1n) is 8.40. The van der Waals surface area contributed by atoms with Crippen LogP contribution in [0.3, 0.4) is 0 Å². The van der Waals surface area contributed by atoms with Crippen LogP contribution in [-0.2, 0) is 4.79 Å². The maximum Gasteiger partial charge on any atom is 0.230 e. The zero-order valence-corrected chi connectivity index (χ0v) is 14.9. The molecule has 1 heterocycles. The standard InChI is InChI=1S/C17H23N5OS/c1-12-7-9-14(10-8-12)18-16(23)11-24-17-19-20-21-22(17)15-6-4-3-5-13(15)2/h3-6,12,14H,7-11H2,1-2H3,(H,18,23). The molecule has 1 aromatic carbocycles. The van der Waals surface area contributed by atoms with E-state index < -0.39 is 0 Å². The third-order valence-corrected chi connectivity index (χ3v) is 5.42. The largest absolute Gasteiger partial charge is 0.353 e. The van der Waals surface area contributed by atoms with Gasteiger partial charge >= 0.3 is 0 Å². The van der Waals surface area contributed by atoms with E-state index in [1.165, 1.54) is 24.6 Å². The Hall–Kier alpha value is -1.89. The zero-order valence-electron chi connectivity index (χ0n) is 14.1. The molecule has 1 fully saturated rings. The summed E-state index contributed by atoms with van der Waals surface area (Å²) >= 11 is 1.37. The zero-order chi connectivity index (χ0) is 16.9. The molecule has 24 heavy (non-hydrogen) atoms. The van der Waals surface area contributed by atoms with Crippen molar-refractivity contribution in [3.63, 3.8) is 0 Å². The second kappa shape index (κ2) is 7.79. The SMILES string of the molecule is Cc1ccccc1-n1nnnc1SCC(=O)NC1CCC(C)CC1. The Morgan fingerprint density at radius 1 is 1.29 bits per heavy atom. The number of rotatable bonds is 5. The van der Waals surface area contributed by atoms with Gasteiger partial charge in [-0.25, -0.2) is 0 Å². The molecular formula is C17H23N5OS. The lowest BCUT2D eigenvalue weighted by atomic mass is 9.87. The van der Waals surface area contributed by atoms with Gasteiger partial charge in [0.15, 0.2) is 0 Å². The number of aryl methyl sites for hydroxylation is 1. The molecule has 1 N–H and O–H groups in total. The summed E-state index contributed by atoms with van der Waals surface area (Å²) in [6.07, 6.45) is 4.56. The van der Waals surface area contributed by atoms with Crippen molar-refractivity contribution in [2.45, 2.75) is 50.7 Å². The molecule has 0 saturated heterocycles. The van der Waals surface area contributed by atoms with Gasteiger partial charge < -0.3 is 5.32 Å². The van der Waals surface area contributed by atoms with Crippen LogP contribution >= 0.6 is 11.8 Å². The van der Waals surface area contributed by atoms with E-state index in [2.05, 4.69) is 27.8 Å². The summed E-state index contributed by atoms with van der Waals surface area (Å²) in [4.78, 5) is 12.2. The van der Waals surface area contributed by atoms with Crippen LogP contribution in [0, 0.1) is 12.8 Å². The van der Waals surface area contributed by atoms with E-state index in [9.17, 15) is 4.79 Å². The van der Waals surface area contributed by atoms with E-state index in [4.69, 9.17) is 0 Å². The Morgan fingerprint density at radius 3 is 2.79 bits per heavy atom. The molecule has 0 unspecified atom stereocenters. The second-order valence-corrected chi connectivity index (χ2v) is 7.42. The summed E-state index contributed by atoms with van der Waals surface area (Å²) < 4.78 is 1.69. The monoisotopic (exact) mass is 345 g/mol. The first kappa shape index (κ1) is 17.0. The van der Waals surface area contributed by atoms with Crippen molar-refractivity contribution in [2.24, 2.45) is 5.92 Å². The minimum absolute atomic E-state index is 0.0545. The number of para-hydroxylation sites is 1. The topological polar surface area (TPSA) is 72.7 Å². The van der Waals surface area contributed by atoms with Gasteiger partial charge in [-0.3, -0.25) is 4.79 Å². The molecule has 7 heteroatoms. The second-order valence-electron chi connectivity index (χ2n) is 6.47. The highest BCUT2D eigenvalue weighted by atomic mass is 32.2. The number of hydrogen-bond acceptors (Lipinski definition) is 5. The molecule has 0 bridgehead atoms. The predicted octanol–water partition coefficient (Wildman–Crippen LogP) is 2.76. The lowest BCUT2D eigenvalue weighted by molar-refractivity contribution is -0.119. The average Bonchev–Trinajstić information content (AvgIpc) is 3.04. The minimum Gasteiger partial charge on any atom is -0.353 e. The number of carbonyl (C=O) groups is 1. The van der Waals surface area contributed by atoms with Gasteiger partial charge in [-0.1, -0.05) is 36.9 Å². The van der Waals surface area contributed by atoms with Crippen LogP contribution in [0.2, 0.25) is 0 Å². The summed E-state index contributed by atoms with van der Waals surface area (Å²) in [7, 11) is 0. The van der Waals surface area contributed by atoms with Crippen molar-refractivity contribution in [1.82, 2.24) is 25.5 Å². The number of nitrogens with one attached hydrogen (secondary N) is 1. The van der Waals surface area contributed by atoms with Gasteiger partial charge in [0.2, 0.25) is 11.1 Å². The van der Waals surface area contributed by atoms with Gasteiger partial charge in [0.05, 0.1) is 11.4 Å². The first-order valence-corrected chi connectivity index (χ1v) is 9.38. The summed E-state index contributed by atoms with van der Waals surface area (Å²) in [6.45, 7) is 4.29. The lowest BCUT2D eigenvalue weighted by Gasteiger charge is -2.26. The molecule has 0 aliphatic heterocycles. The fraction of sp³-hybridized carbons (Fsp3) is 0.529. The highest BCUT2D eigenvalue weighted by Crippen LogP contribution is 2.24. The maximum atomic E-state index is 12.2. The van der Waals surface area contributed by atoms with E-state index in [1.54, 1.807) is 4.68 Å². The van der Waals surface area contributed by atoms with Crippen LogP contribution in [0.25, 0.3) is 5.69 Å². The quantitative estimate of drug-likeness (QED) is 0.844. The highest BCUT2D eigenvalue weighted by Gasteiger charge is 2.20. The highest BCUT2D eigenvalue weighted by molar-refractivity contribution is 7.99. The number of carbonyl (C=O) groups excluding carboxylic acids is 1. The summed E-state index contributed by atoms with van der Waals surface area (Å²) in [5, 5.41) is 15.6. The Labute approximate surface area is 146 Å². The van der Waals surface area contributed by atoms with Crippen molar-refractivity contribution in [2.75, 3.05) is 5.75 Å². The number of aromatic nitrogens is 4. The van der Waals surface area contributed by atoms with Crippen molar-refractivity contribution in [3.8, 4) is 5.69 Å². The van der Waals surface area contributed by atoms with Gasteiger partial charge in [-0.2, -0.15) is 4.68 Å². The maximum absolute atomic E-state index is 12.2. The Kier molecular flexibility index (Phi) is 5.50. The lowest BCUT2D eigenvalue weighted by Crippen LogP contribution is -2.38. The number of amides is 1. The molecule has 1 saturated carbocycles. The van der Waals surface area contributed by atoms with Crippen molar-refractivity contribution in [1.29, 1.82) is 0 Å². The smallest absolute Gasteiger partial charge is 0.230 e. The molecule has 1 aliphatic carbocycles. The summed E-state index contributed by atoms with van der Waals surface area (Å²) in [5.74, 6) is 1.17. The molecule has 2 aromatic rings. The molecule has 1 aromatic heterocycles. The van der Waals surface area contributed by atoms with E-state index in [0.29, 0.717) is 17.0 Å². The fourth-order valence-electron chi connectivity index (χ4n) is 3.03. The number of nitrogens with zero attached hydrogens (tertiary/aromatic N) is 4. The number of thioether (sulfide) groups is 1. The normalized spacial score (nSPS) is 20.8. The third-order valence-electron chi connectivity index (χ3n) is 4.50. The molecule has 0 radical (unpaired) electrons. The predicted molar refractivity (Wildman–Crippen MR) is 94.2 cm³/mol. The number of benzene rings is 1. The van der Waals surface area contributed by atoms with E-state index >= 15 is 0 Å². The van der Waals surface area contributed by atoms with Gasteiger partial charge in [-0.05, 0) is 60.6 Å². The summed E-state index contributed by atoms with van der Waals surface area (Å²) in [5.41, 5.74) is 2.03. The van der Waals surface area contributed by atoms with Crippen molar-refractivity contribution >= 4 is 17.7 Å². The van der Waals surface area contributed by atoms with Crippen LogP contribution in [0.15, 0.2) is 29.4 Å². The number of hydrogen-bond donors (Lipinski definition) is 1. The van der Waals surface area contributed by atoms with Gasteiger partial charge in [0.25, 0.3) is 0 Å². The molecule has 0 spiro atoms.